The van der Waals surface area contributed by atoms with Gasteiger partial charge < -0.3 is 10.4 Å². The van der Waals surface area contributed by atoms with E-state index in [4.69, 9.17) is 28.3 Å². The zero-order chi connectivity index (χ0) is 12.1. The number of hydrogen-bond donors (Lipinski definition) is 2. The smallest absolute Gasteiger partial charge is 0.305 e. The van der Waals surface area contributed by atoms with E-state index in [-0.39, 0.29) is 6.42 Å². The first-order valence-corrected chi connectivity index (χ1v) is 5.16. The summed E-state index contributed by atoms with van der Waals surface area (Å²) < 4.78 is 0. The number of hydrogen-bond acceptors (Lipinski definition) is 2. The molecule has 16 heavy (non-hydrogen) atoms. The van der Waals surface area contributed by atoms with Crippen molar-refractivity contribution in [3.63, 3.8) is 0 Å². The van der Waals surface area contributed by atoms with E-state index < -0.39 is 12.0 Å². The molecule has 1 atom stereocenters. The first-order valence-electron chi connectivity index (χ1n) is 4.41. The number of halogens is 2. The Kier molecular flexibility index (Phi) is 4.58. The molecule has 1 amide bonds. The third-order valence-electron chi connectivity index (χ3n) is 1.99. The van der Waals surface area contributed by atoms with E-state index in [0.717, 1.165) is 0 Å². The standard InChI is InChI=1S/C10H9Cl2NO3/c11-7-2-1-6(3-8(7)12)9(13-5-14)4-10(15)16/h1-3,5,9H,4H2,(H,13,14)(H,15,16)/t9-/m0/s1. The monoisotopic (exact) mass is 261 g/mol. The molecule has 0 aliphatic carbocycles. The average Bonchev–Trinajstić information content (AvgIpc) is 2.21. The second kappa shape index (κ2) is 5.72. The lowest BCUT2D eigenvalue weighted by molar-refractivity contribution is -0.137. The number of carbonyl (C=O) groups excluding carboxylic acids is 1. The molecule has 4 nitrogen and oxygen atoms in total. The molecule has 0 aliphatic rings. The number of amides is 1. The minimum Gasteiger partial charge on any atom is -0.481 e. The lowest BCUT2D eigenvalue weighted by Gasteiger charge is -2.14. The van der Waals surface area contributed by atoms with Gasteiger partial charge in [0.1, 0.15) is 0 Å². The predicted octanol–water partition coefficient (Wildman–Crippen LogP) is 2.26. The van der Waals surface area contributed by atoms with Crippen molar-refractivity contribution >= 4 is 35.6 Å². The summed E-state index contributed by atoms with van der Waals surface area (Å²) in [5.74, 6) is -1.01. The normalized spacial score (nSPS) is 11.9. The lowest BCUT2D eigenvalue weighted by atomic mass is 10.0. The van der Waals surface area contributed by atoms with Crippen molar-refractivity contribution in [3.8, 4) is 0 Å². The van der Waals surface area contributed by atoms with Crippen LogP contribution in [0.4, 0.5) is 0 Å². The summed E-state index contributed by atoms with van der Waals surface area (Å²) in [5.41, 5.74) is 0.601. The summed E-state index contributed by atoms with van der Waals surface area (Å²) in [6.07, 6.45) is 0.243. The van der Waals surface area contributed by atoms with Gasteiger partial charge in [-0.3, -0.25) is 9.59 Å². The third kappa shape index (κ3) is 3.40. The van der Waals surface area contributed by atoms with Gasteiger partial charge in [-0.1, -0.05) is 29.3 Å². The second-order valence-electron chi connectivity index (χ2n) is 3.11. The van der Waals surface area contributed by atoms with Crippen LogP contribution in [0.3, 0.4) is 0 Å². The average molecular weight is 262 g/mol. The molecule has 2 N–H and O–H groups in total. The summed E-state index contributed by atoms with van der Waals surface area (Å²) in [4.78, 5) is 21.0. The zero-order valence-electron chi connectivity index (χ0n) is 8.11. The molecule has 0 spiro atoms. The summed E-state index contributed by atoms with van der Waals surface area (Å²) in [6, 6.07) is 4.11. The molecule has 1 rings (SSSR count). The minimum atomic E-state index is -1.01. The summed E-state index contributed by atoms with van der Waals surface area (Å²) in [6.45, 7) is 0. The fourth-order valence-electron chi connectivity index (χ4n) is 1.26. The third-order valence-corrected chi connectivity index (χ3v) is 2.73. The van der Waals surface area contributed by atoms with Gasteiger partial charge in [0.2, 0.25) is 6.41 Å². The Morgan fingerprint density at radius 1 is 1.44 bits per heavy atom. The van der Waals surface area contributed by atoms with Crippen molar-refractivity contribution in [1.29, 1.82) is 0 Å². The van der Waals surface area contributed by atoms with Crippen molar-refractivity contribution in [2.45, 2.75) is 12.5 Å². The molecular formula is C10H9Cl2NO3. The number of benzene rings is 1. The van der Waals surface area contributed by atoms with Gasteiger partial charge in [0.15, 0.2) is 0 Å². The summed E-state index contributed by atoms with van der Waals surface area (Å²) in [7, 11) is 0. The van der Waals surface area contributed by atoms with Crippen LogP contribution in [0.5, 0.6) is 0 Å². The van der Waals surface area contributed by atoms with Crippen LogP contribution in [0.1, 0.15) is 18.0 Å². The van der Waals surface area contributed by atoms with E-state index in [9.17, 15) is 9.59 Å². The molecule has 0 fully saturated rings. The van der Waals surface area contributed by atoms with E-state index in [1.807, 2.05) is 0 Å². The van der Waals surface area contributed by atoms with Gasteiger partial charge in [-0.25, -0.2) is 0 Å². The van der Waals surface area contributed by atoms with Gasteiger partial charge in [0, 0.05) is 0 Å². The largest absolute Gasteiger partial charge is 0.481 e. The van der Waals surface area contributed by atoms with Crippen molar-refractivity contribution < 1.29 is 14.7 Å². The molecule has 0 saturated carbocycles. The Labute approximate surface area is 102 Å². The maximum atomic E-state index is 10.6. The van der Waals surface area contributed by atoms with Crippen molar-refractivity contribution in [2.75, 3.05) is 0 Å². The Morgan fingerprint density at radius 3 is 2.62 bits per heavy atom. The highest BCUT2D eigenvalue weighted by molar-refractivity contribution is 6.42. The number of nitrogens with one attached hydrogen (secondary N) is 1. The first kappa shape index (κ1) is 12.8. The van der Waals surface area contributed by atoms with Crippen LogP contribution < -0.4 is 5.32 Å². The number of carbonyl (C=O) groups is 2. The minimum absolute atomic E-state index is 0.212. The maximum Gasteiger partial charge on any atom is 0.305 e. The highest BCUT2D eigenvalue weighted by Crippen LogP contribution is 2.26. The first-order chi connectivity index (χ1) is 7.54. The van der Waals surface area contributed by atoms with Gasteiger partial charge in [-0.05, 0) is 17.7 Å². The van der Waals surface area contributed by atoms with Gasteiger partial charge in [0.25, 0.3) is 0 Å². The highest BCUT2D eigenvalue weighted by Gasteiger charge is 2.15. The van der Waals surface area contributed by atoms with Crippen molar-refractivity contribution in [1.82, 2.24) is 5.32 Å². The van der Waals surface area contributed by atoms with E-state index in [0.29, 0.717) is 22.0 Å². The Balaban J connectivity index is 2.95. The van der Waals surface area contributed by atoms with Crippen LogP contribution in [-0.2, 0) is 9.59 Å². The zero-order valence-corrected chi connectivity index (χ0v) is 9.63. The van der Waals surface area contributed by atoms with Gasteiger partial charge in [-0.15, -0.1) is 0 Å². The molecule has 0 heterocycles. The topological polar surface area (TPSA) is 66.4 Å². The van der Waals surface area contributed by atoms with Crippen LogP contribution in [0.25, 0.3) is 0 Å². The maximum absolute atomic E-state index is 10.6. The van der Waals surface area contributed by atoms with Crippen LogP contribution in [0, 0.1) is 0 Å². The molecule has 0 bridgehead atoms. The van der Waals surface area contributed by atoms with Crippen LogP contribution in [-0.4, -0.2) is 17.5 Å². The van der Waals surface area contributed by atoms with E-state index in [1.54, 1.807) is 12.1 Å². The van der Waals surface area contributed by atoms with E-state index in [2.05, 4.69) is 5.32 Å². The molecule has 1 aromatic carbocycles. The van der Waals surface area contributed by atoms with Gasteiger partial charge >= 0.3 is 5.97 Å². The molecule has 6 heteroatoms. The number of rotatable bonds is 5. The Morgan fingerprint density at radius 2 is 2.12 bits per heavy atom. The number of carboxylic acid groups (broad SMARTS) is 1. The second-order valence-corrected chi connectivity index (χ2v) is 3.92. The molecule has 0 aliphatic heterocycles. The van der Waals surface area contributed by atoms with Gasteiger partial charge in [0.05, 0.1) is 22.5 Å². The van der Waals surface area contributed by atoms with Gasteiger partial charge in [-0.2, -0.15) is 0 Å². The van der Waals surface area contributed by atoms with Crippen LogP contribution >= 0.6 is 23.2 Å². The molecule has 0 unspecified atom stereocenters. The Hall–Kier alpha value is -1.26. The van der Waals surface area contributed by atoms with Crippen LogP contribution in [0.15, 0.2) is 18.2 Å². The van der Waals surface area contributed by atoms with E-state index >= 15 is 0 Å². The summed E-state index contributed by atoms with van der Waals surface area (Å²) in [5, 5.41) is 11.8. The number of carboxylic acids is 1. The SMILES string of the molecule is O=CN[C@@H](CC(=O)O)c1ccc(Cl)c(Cl)c1. The molecule has 86 valence electrons. The highest BCUT2D eigenvalue weighted by atomic mass is 35.5. The van der Waals surface area contributed by atoms with Crippen molar-refractivity contribution in [3.05, 3.63) is 33.8 Å². The van der Waals surface area contributed by atoms with Crippen LogP contribution in [0.2, 0.25) is 10.0 Å². The predicted molar refractivity (Wildman–Crippen MR) is 60.7 cm³/mol. The summed E-state index contributed by atoms with van der Waals surface area (Å²) >= 11 is 11.5. The number of aliphatic carboxylic acids is 1. The van der Waals surface area contributed by atoms with E-state index in [1.165, 1.54) is 6.07 Å². The quantitative estimate of drug-likeness (QED) is 0.800. The molecule has 0 radical (unpaired) electrons. The molecule has 1 aromatic rings. The fraction of sp³-hybridized carbons (Fsp3) is 0.200. The molecular weight excluding hydrogens is 253 g/mol. The molecule has 0 aromatic heterocycles. The Bertz CT molecular complexity index is 409. The molecule has 0 saturated heterocycles. The fourth-order valence-corrected chi connectivity index (χ4v) is 1.57. The lowest BCUT2D eigenvalue weighted by Crippen LogP contribution is -2.22. The van der Waals surface area contributed by atoms with Crippen molar-refractivity contribution in [2.24, 2.45) is 0 Å².